The number of nitrogens with zero attached hydrogens (tertiary/aromatic N) is 1. The Labute approximate surface area is 124 Å². The van der Waals surface area contributed by atoms with Crippen molar-refractivity contribution in [2.75, 3.05) is 13.1 Å². The van der Waals surface area contributed by atoms with Crippen LogP contribution < -0.4 is 11.3 Å². The number of nitrogens with one attached hydrogen (secondary N) is 1. The molecule has 1 rings (SSSR count). The molecule has 1 aromatic rings. The average molecular weight is 277 g/mol. The number of hydrogen-bond acceptors (Lipinski definition) is 3. The van der Waals surface area contributed by atoms with E-state index in [1.54, 1.807) is 0 Å². The summed E-state index contributed by atoms with van der Waals surface area (Å²) in [5.74, 6) is 5.93. The van der Waals surface area contributed by atoms with Crippen molar-refractivity contribution in [3.05, 3.63) is 35.9 Å². The van der Waals surface area contributed by atoms with Gasteiger partial charge >= 0.3 is 0 Å². The topological polar surface area (TPSA) is 41.3 Å². The van der Waals surface area contributed by atoms with Gasteiger partial charge in [-0.05, 0) is 37.9 Å². The molecule has 0 saturated carbocycles. The van der Waals surface area contributed by atoms with Crippen molar-refractivity contribution in [2.45, 2.75) is 58.5 Å². The molecule has 20 heavy (non-hydrogen) atoms. The van der Waals surface area contributed by atoms with Gasteiger partial charge in [-0.15, -0.1) is 0 Å². The predicted molar refractivity (Wildman–Crippen MR) is 87.5 cm³/mol. The molecule has 0 radical (unpaired) electrons. The standard InChI is InChI=1S/C17H31N3/c1-5-17(6-2,20(7-3)8-4)16(19-18)14-15-12-10-9-11-13-15/h9-13,16,19H,5-8,14,18H2,1-4H3. The van der Waals surface area contributed by atoms with Crippen LogP contribution >= 0.6 is 0 Å². The summed E-state index contributed by atoms with van der Waals surface area (Å²) in [6, 6.07) is 10.9. The van der Waals surface area contributed by atoms with E-state index in [2.05, 4.69) is 68.4 Å². The van der Waals surface area contributed by atoms with E-state index < -0.39 is 0 Å². The molecule has 1 aromatic carbocycles. The molecule has 0 fully saturated rings. The van der Waals surface area contributed by atoms with Gasteiger partial charge in [0.25, 0.3) is 0 Å². The molecule has 0 bridgehead atoms. The van der Waals surface area contributed by atoms with Crippen LogP contribution in [-0.4, -0.2) is 29.6 Å². The Balaban J connectivity index is 3.02. The summed E-state index contributed by atoms with van der Waals surface area (Å²) in [6.45, 7) is 11.1. The number of likely N-dealkylation sites (N-methyl/N-ethyl adjacent to an activating group) is 1. The molecule has 0 heterocycles. The fraction of sp³-hybridized carbons (Fsp3) is 0.647. The van der Waals surface area contributed by atoms with E-state index in [1.165, 1.54) is 5.56 Å². The van der Waals surface area contributed by atoms with Crippen LogP contribution in [-0.2, 0) is 6.42 Å². The Morgan fingerprint density at radius 2 is 1.60 bits per heavy atom. The van der Waals surface area contributed by atoms with Crippen molar-refractivity contribution < 1.29 is 0 Å². The summed E-state index contributed by atoms with van der Waals surface area (Å²) >= 11 is 0. The van der Waals surface area contributed by atoms with E-state index in [0.29, 0.717) is 0 Å². The maximum atomic E-state index is 5.93. The second-order valence-electron chi connectivity index (χ2n) is 5.39. The van der Waals surface area contributed by atoms with Gasteiger partial charge in [-0.2, -0.15) is 0 Å². The minimum Gasteiger partial charge on any atom is -0.297 e. The maximum Gasteiger partial charge on any atom is 0.0434 e. The van der Waals surface area contributed by atoms with Crippen molar-refractivity contribution in [3.63, 3.8) is 0 Å². The lowest BCUT2D eigenvalue weighted by molar-refractivity contribution is 0.0492. The van der Waals surface area contributed by atoms with Crippen LogP contribution in [0.5, 0.6) is 0 Å². The van der Waals surface area contributed by atoms with Crippen molar-refractivity contribution >= 4 is 0 Å². The fourth-order valence-corrected chi connectivity index (χ4v) is 3.52. The van der Waals surface area contributed by atoms with Crippen molar-refractivity contribution in [3.8, 4) is 0 Å². The molecule has 0 amide bonds. The van der Waals surface area contributed by atoms with E-state index >= 15 is 0 Å². The third kappa shape index (κ3) is 3.60. The molecule has 3 N–H and O–H groups in total. The van der Waals surface area contributed by atoms with E-state index in [1.807, 2.05) is 0 Å². The Morgan fingerprint density at radius 1 is 1.05 bits per heavy atom. The van der Waals surface area contributed by atoms with Gasteiger partial charge in [-0.25, -0.2) is 0 Å². The number of rotatable bonds is 9. The van der Waals surface area contributed by atoms with Gasteiger partial charge in [0.1, 0.15) is 0 Å². The molecule has 0 saturated heterocycles. The zero-order valence-electron chi connectivity index (χ0n) is 13.5. The molecular weight excluding hydrogens is 246 g/mol. The summed E-state index contributed by atoms with van der Waals surface area (Å²) < 4.78 is 0. The summed E-state index contributed by atoms with van der Waals surface area (Å²) in [5.41, 5.74) is 4.56. The van der Waals surface area contributed by atoms with Crippen LogP contribution in [0.4, 0.5) is 0 Å². The largest absolute Gasteiger partial charge is 0.297 e. The van der Waals surface area contributed by atoms with Gasteiger partial charge in [0, 0.05) is 11.6 Å². The molecule has 0 aliphatic rings. The molecule has 0 aliphatic carbocycles. The average Bonchev–Trinajstić information content (AvgIpc) is 2.51. The van der Waals surface area contributed by atoms with Crippen molar-refractivity contribution in [1.29, 1.82) is 0 Å². The van der Waals surface area contributed by atoms with Gasteiger partial charge in [0.15, 0.2) is 0 Å². The lowest BCUT2D eigenvalue weighted by Crippen LogP contribution is -2.63. The highest BCUT2D eigenvalue weighted by molar-refractivity contribution is 5.18. The zero-order valence-corrected chi connectivity index (χ0v) is 13.5. The molecule has 3 heteroatoms. The molecule has 0 aromatic heterocycles. The highest BCUT2D eigenvalue weighted by atomic mass is 15.3. The SMILES string of the molecule is CCN(CC)C(CC)(CC)C(Cc1ccccc1)NN. The van der Waals surface area contributed by atoms with Crippen molar-refractivity contribution in [1.82, 2.24) is 10.3 Å². The summed E-state index contributed by atoms with van der Waals surface area (Å²) in [5, 5.41) is 0. The third-order valence-corrected chi connectivity index (χ3v) is 4.75. The first-order valence-electron chi connectivity index (χ1n) is 7.93. The number of hydrogen-bond donors (Lipinski definition) is 2. The van der Waals surface area contributed by atoms with Crippen molar-refractivity contribution in [2.24, 2.45) is 5.84 Å². The molecule has 0 spiro atoms. The van der Waals surface area contributed by atoms with Gasteiger partial charge in [-0.1, -0.05) is 58.0 Å². The zero-order chi connectivity index (χ0) is 15.0. The Morgan fingerprint density at radius 3 is 2.00 bits per heavy atom. The third-order valence-electron chi connectivity index (χ3n) is 4.75. The summed E-state index contributed by atoms with van der Waals surface area (Å²) in [6.07, 6.45) is 3.18. The Kier molecular flexibility index (Phi) is 7.20. The second-order valence-corrected chi connectivity index (χ2v) is 5.39. The quantitative estimate of drug-likeness (QED) is 0.538. The van der Waals surface area contributed by atoms with Crippen LogP contribution in [0.1, 0.15) is 46.1 Å². The number of nitrogens with two attached hydrogens (primary N) is 1. The van der Waals surface area contributed by atoms with Crippen LogP contribution in [0.3, 0.4) is 0 Å². The molecule has 1 unspecified atom stereocenters. The van der Waals surface area contributed by atoms with Crippen LogP contribution in [0.15, 0.2) is 30.3 Å². The lowest BCUT2D eigenvalue weighted by Gasteiger charge is -2.48. The normalized spacial score (nSPS) is 13.7. The second kappa shape index (κ2) is 8.40. The molecule has 3 nitrogen and oxygen atoms in total. The van der Waals surface area contributed by atoms with Crippen LogP contribution in [0.25, 0.3) is 0 Å². The minimum absolute atomic E-state index is 0.119. The van der Waals surface area contributed by atoms with E-state index in [0.717, 1.165) is 32.4 Å². The van der Waals surface area contributed by atoms with Crippen LogP contribution in [0, 0.1) is 0 Å². The van der Waals surface area contributed by atoms with Gasteiger partial charge in [-0.3, -0.25) is 16.2 Å². The van der Waals surface area contributed by atoms with E-state index in [-0.39, 0.29) is 11.6 Å². The Bertz CT molecular complexity index is 356. The van der Waals surface area contributed by atoms with E-state index in [9.17, 15) is 0 Å². The number of benzene rings is 1. The smallest absolute Gasteiger partial charge is 0.0434 e. The molecular formula is C17H31N3. The monoisotopic (exact) mass is 277 g/mol. The highest BCUT2D eigenvalue weighted by Gasteiger charge is 2.39. The van der Waals surface area contributed by atoms with E-state index in [4.69, 9.17) is 5.84 Å². The lowest BCUT2D eigenvalue weighted by atomic mass is 9.80. The van der Waals surface area contributed by atoms with Gasteiger partial charge < -0.3 is 0 Å². The number of hydrazine groups is 1. The molecule has 114 valence electrons. The first-order chi connectivity index (χ1) is 9.68. The summed E-state index contributed by atoms with van der Waals surface area (Å²) in [4.78, 5) is 2.56. The van der Waals surface area contributed by atoms with Crippen LogP contribution in [0.2, 0.25) is 0 Å². The predicted octanol–water partition coefficient (Wildman–Crippen LogP) is 2.96. The fourth-order valence-electron chi connectivity index (χ4n) is 3.52. The highest BCUT2D eigenvalue weighted by Crippen LogP contribution is 2.29. The minimum atomic E-state index is 0.119. The molecule has 0 aliphatic heterocycles. The van der Waals surface area contributed by atoms with Gasteiger partial charge in [0.2, 0.25) is 0 Å². The van der Waals surface area contributed by atoms with Gasteiger partial charge in [0.05, 0.1) is 0 Å². The maximum absolute atomic E-state index is 5.93. The summed E-state index contributed by atoms with van der Waals surface area (Å²) in [7, 11) is 0. The molecule has 1 atom stereocenters. The Hall–Kier alpha value is -0.900. The first-order valence-corrected chi connectivity index (χ1v) is 7.93. The first kappa shape index (κ1) is 17.2.